The molecule has 0 unspecified atom stereocenters. The maximum absolute atomic E-state index is 12.0. The maximum Gasteiger partial charge on any atom is 0.299 e. The van der Waals surface area contributed by atoms with Crippen molar-refractivity contribution < 1.29 is 14.4 Å². The number of Topliss-reactive ketones (excluding diaryl/α,β-unsaturated/α-hetero) is 1. The van der Waals surface area contributed by atoms with Crippen LogP contribution in [0.3, 0.4) is 0 Å². The van der Waals surface area contributed by atoms with E-state index in [2.05, 4.69) is 5.43 Å². The quantitative estimate of drug-likeness (QED) is 0.375. The van der Waals surface area contributed by atoms with Crippen molar-refractivity contribution in [2.45, 2.75) is 13.8 Å². The Balaban J connectivity index is 2.39. The molecule has 0 saturated carbocycles. The van der Waals surface area contributed by atoms with E-state index in [1.807, 2.05) is 0 Å². The Kier molecular flexibility index (Phi) is 3.54. The van der Waals surface area contributed by atoms with Crippen LogP contribution in [0, 0.1) is 5.41 Å². The number of nitrogens with one attached hydrogen (secondary N) is 1. The first-order valence-electron chi connectivity index (χ1n) is 5.95. The topological polar surface area (TPSA) is 92.5 Å². The van der Waals surface area contributed by atoms with E-state index in [0.717, 1.165) is 0 Å². The van der Waals surface area contributed by atoms with Crippen LogP contribution in [-0.4, -0.2) is 24.1 Å². The highest BCUT2D eigenvalue weighted by atomic mass is 35.5. The number of nitrogens with zero attached hydrogens (tertiary/aromatic N) is 1. The molecular weight excluding hydrogens is 282 g/mol. The third kappa shape index (κ3) is 2.28. The summed E-state index contributed by atoms with van der Waals surface area (Å²) in [4.78, 5) is 36.9. The molecule has 6 nitrogen and oxygen atoms in total. The Morgan fingerprint density at radius 2 is 2.05 bits per heavy atom. The van der Waals surface area contributed by atoms with Crippen LogP contribution in [-0.2, 0) is 9.59 Å². The van der Waals surface area contributed by atoms with Gasteiger partial charge in [0.2, 0.25) is 5.91 Å². The van der Waals surface area contributed by atoms with Gasteiger partial charge in [-0.15, -0.1) is 0 Å². The number of nitrogens with two attached hydrogens (primary N) is 1. The van der Waals surface area contributed by atoms with Gasteiger partial charge in [0, 0.05) is 11.6 Å². The summed E-state index contributed by atoms with van der Waals surface area (Å²) in [6, 6.07) is 4.59. The van der Waals surface area contributed by atoms with Crippen molar-refractivity contribution in [3.63, 3.8) is 0 Å². The number of carbonyl (C=O) groups excluding carboxylic acids is 3. The van der Waals surface area contributed by atoms with Gasteiger partial charge in [-0.25, -0.2) is 5.84 Å². The van der Waals surface area contributed by atoms with Crippen molar-refractivity contribution in [2.24, 2.45) is 11.3 Å². The lowest BCUT2D eigenvalue weighted by molar-refractivity contribution is -0.129. The molecule has 106 valence electrons. The van der Waals surface area contributed by atoms with Crippen molar-refractivity contribution in [2.75, 3.05) is 11.4 Å². The largest absolute Gasteiger partial charge is 0.304 e. The molecule has 3 N–H and O–H groups in total. The van der Waals surface area contributed by atoms with Gasteiger partial charge in [-0.3, -0.25) is 19.8 Å². The highest BCUT2D eigenvalue weighted by Gasteiger charge is 2.40. The summed E-state index contributed by atoms with van der Waals surface area (Å²) in [5.74, 6) is 3.44. The molecule has 0 atom stereocenters. The van der Waals surface area contributed by atoms with Crippen molar-refractivity contribution in [1.29, 1.82) is 0 Å². The zero-order valence-electron chi connectivity index (χ0n) is 11.1. The molecule has 2 rings (SSSR count). The molecule has 0 radical (unpaired) electrons. The Labute approximate surface area is 120 Å². The molecule has 20 heavy (non-hydrogen) atoms. The Morgan fingerprint density at radius 1 is 1.40 bits per heavy atom. The van der Waals surface area contributed by atoms with E-state index in [0.29, 0.717) is 16.3 Å². The zero-order chi connectivity index (χ0) is 15.1. The van der Waals surface area contributed by atoms with Crippen LogP contribution in [0.15, 0.2) is 18.2 Å². The normalized spacial score (nSPS) is 14.5. The first-order chi connectivity index (χ1) is 9.27. The number of ketones is 1. The van der Waals surface area contributed by atoms with Crippen LogP contribution >= 0.6 is 11.6 Å². The van der Waals surface area contributed by atoms with Crippen LogP contribution in [0.4, 0.5) is 5.69 Å². The second-order valence-corrected chi connectivity index (χ2v) is 5.68. The summed E-state index contributed by atoms with van der Waals surface area (Å²) in [5, 5.41) is 0.414. The summed E-state index contributed by atoms with van der Waals surface area (Å²) >= 11 is 5.90. The SMILES string of the molecule is CC(C)(CN1C(=O)C(=O)c2ccc(Cl)cc21)C(=O)NN. The minimum absolute atomic E-state index is 0.0357. The molecule has 1 aromatic rings. The average Bonchev–Trinajstić information content (AvgIpc) is 2.62. The standard InChI is InChI=1S/C13H14ClN3O3/c1-13(2,12(20)16-15)6-17-9-5-7(14)3-4-8(9)10(18)11(17)19/h3-5H,6,15H2,1-2H3,(H,16,20). The van der Waals surface area contributed by atoms with E-state index < -0.39 is 23.0 Å². The molecule has 7 heteroatoms. The fraction of sp³-hybridized carbons (Fsp3) is 0.308. The maximum atomic E-state index is 12.0. The lowest BCUT2D eigenvalue weighted by Gasteiger charge is -2.28. The van der Waals surface area contributed by atoms with Crippen LogP contribution in [0.25, 0.3) is 0 Å². The molecule has 2 amide bonds. The number of anilines is 1. The van der Waals surface area contributed by atoms with Crippen LogP contribution in [0.5, 0.6) is 0 Å². The van der Waals surface area contributed by atoms with Gasteiger partial charge in [0.25, 0.3) is 11.7 Å². The minimum Gasteiger partial charge on any atom is -0.304 e. The smallest absolute Gasteiger partial charge is 0.299 e. The van der Waals surface area contributed by atoms with E-state index in [1.54, 1.807) is 19.9 Å². The summed E-state index contributed by atoms with van der Waals surface area (Å²) < 4.78 is 0. The Morgan fingerprint density at radius 3 is 2.65 bits per heavy atom. The number of amides is 2. The fourth-order valence-corrected chi connectivity index (χ4v) is 2.25. The van der Waals surface area contributed by atoms with E-state index in [9.17, 15) is 14.4 Å². The lowest BCUT2D eigenvalue weighted by atomic mass is 9.91. The van der Waals surface area contributed by atoms with Gasteiger partial charge in [0.1, 0.15) is 0 Å². The minimum atomic E-state index is -0.936. The highest BCUT2D eigenvalue weighted by Crippen LogP contribution is 2.33. The van der Waals surface area contributed by atoms with Crippen LogP contribution < -0.4 is 16.2 Å². The predicted molar refractivity (Wildman–Crippen MR) is 74.2 cm³/mol. The van der Waals surface area contributed by atoms with Crippen LogP contribution in [0.2, 0.25) is 5.02 Å². The van der Waals surface area contributed by atoms with Gasteiger partial charge >= 0.3 is 0 Å². The Bertz CT molecular complexity index is 613. The Hall–Kier alpha value is -1.92. The third-order valence-electron chi connectivity index (χ3n) is 3.23. The van der Waals surface area contributed by atoms with E-state index in [4.69, 9.17) is 17.4 Å². The van der Waals surface area contributed by atoms with E-state index in [-0.39, 0.29) is 6.54 Å². The number of benzene rings is 1. The second kappa shape index (κ2) is 4.88. The lowest BCUT2D eigenvalue weighted by Crippen LogP contribution is -2.48. The van der Waals surface area contributed by atoms with Crippen molar-refractivity contribution in [3.8, 4) is 0 Å². The van der Waals surface area contributed by atoms with Crippen molar-refractivity contribution >= 4 is 34.9 Å². The highest BCUT2D eigenvalue weighted by molar-refractivity contribution is 6.52. The summed E-state index contributed by atoms with van der Waals surface area (Å²) in [6.45, 7) is 3.30. The molecule has 0 fully saturated rings. The predicted octanol–water partition coefficient (Wildman–Crippen LogP) is 0.885. The van der Waals surface area contributed by atoms with Gasteiger partial charge in [-0.2, -0.15) is 0 Å². The summed E-state index contributed by atoms with van der Waals surface area (Å²) in [6.07, 6.45) is 0. The molecule has 0 bridgehead atoms. The molecule has 0 aromatic heterocycles. The number of rotatable bonds is 3. The zero-order valence-corrected chi connectivity index (χ0v) is 11.8. The van der Waals surface area contributed by atoms with Gasteiger partial charge < -0.3 is 4.90 Å². The number of halogens is 1. The monoisotopic (exact) mass is 295 g/mol. The van der Waals surface area contributed by atoms with Gasteiger partial charge in [0.15, 0.2) is 0 Å². The number of hydrogen-bond donors (Lipinski definition) is 2. The van der Waals surface area contributed by atoms with Crippen molar-refractivity contribution in [1.82, 2.24) is 5.43 Å². The third-order valence-corrected chi connectivity index (χ3v) is 3.47. The average molecular weight is 296 g/mol. The number of hydrazine groups is 1. The molecule has 1 aliphatic heterocycles. The molecule has 0 aliphatic carbocycles. The molecule has 1 heterocycles. The second-order valence-electron chi connectivity index (χ2n) is 5.24. The molecule has 0 spiro atoms. The number of hydrogen-bond acceptors (Lipinski definition) is 4. The molecular formula is C13H14ClN3O3. The van der Waals surface area contributed by atoms with E-state index >= 15 is 0 Å². The molecule has 0 saturated heterocycles. The van der Waals surface area contributed by atoms with Gasteiger partial charge in [0.05, 0.1) is 16.7 Å². The first kappa shape index (κ1) is 14.5. The number of fused-ring (bicyclic) bond motifs is 1. The van der Waals surface area contributed by atoms with Crippen molar-refractivity contribution in [3.05, 3.63) is 28.8 Å². The van der Waals surface area contributed by atoms with Crippen LogP contribution in [0.1, 0.15) is 24.2 Å². The molecule has 1 aromatic carbocycles. The first-order valence-corrected chi connectivity index (χ1v) is 6.32. The summed E-state index contributed by atoms with van der Waals surface area (Å²) in [5.41, 5.74) is 1.83. The van der Waals surface area contributed by atoms with Gasteiger partial charge in [-0.05, 0) is 32.0 Å². The summed E-state index contributed by atoms with van der Waals surface area (Å²) in [7, 11) is 0. The molecule has 1 aliphatic rings. The van der Waals surface area contributed by atoms with Gasteiger partial charge in [-0.1, -0.05) is 11.6 Å². The van der Waals surface area contributed by atoms with E-state index in [1.165, 1.54) is 17.0 Å². The fourth-order valence-electron chi connectivity index (χ4n) is 2.09. The number of carbonyl (C=O) groups is 3.